The average molecular weight is 283 g/mol. The van der Waals surface area contributed by atoms with E-state index in [9.17, 15) is 4.21 Å². The summed E-state index contributed by atoms with van der Waals surface area (Å²) >= 11 is -1.80. The van der Waals surface area contributed by atoms with Crippen LogP contribution in [-0.2, 0) is 16.8 Å². The van der Waals surface area contributed by atoms with Gasteiger partial charge < -0.3 is 4.55 Å². The molecule has 2 aromatic carbocycles. The van der Waals surface area contributed by atoms with E-state index in [1.165, 1.54) is 0 Å². The second-order valence-electron chi connectivity index (χ2n) is 4.57. The minimum atomic E-state index is -1.80. The van der Waals surface area contributed by atoms with E-state index in [1.54, 1.807) is 0 Å². The molecule has 0 saturated carbocycles. The molecule has 0 bridgehead atoms. The lowest BCUT2D eigenvalue weighted by Crippen LogP contribution is -1.92. The zero-order valence-corrected chi connectivity index (χ0v) is 11.5. The lowest BCUT2D eigenvalue weighted by Gasteiger charge is -2.07. The fourth-order valence-corrected chi connectivity index (χ4v) is 2.75. The van der Waals surface area contributed by atoms with E-state index in [2.05, 4.69) is 11.1 Å². The van der Waals surface area contributed by atoms with Crippen LogP contribution in [0.25, 0.3) is 21.9 Å². The van der Waals surface area contributed by atoms with Crippen LogP contribution in [0, 0.1) is 0 Å². The molecule has 0 saturated heterocycles. The van der Waals surface area contributed by atoms with Crippen molar-refractivity contribution in [2.24, 2.45) is 0 Å². The standard InChI is InChI=1S/C16H13NO2S/c18-20(19)11-12-5-7-13(8-6-12)16-10-17-9-14-3-1-2-4-15(14)16/h1-10H,11H2,(H,18,19). The van der Waals surface area contributed by atoms with Gasteiger partial charge in [0, 0.05) is 23.3 Å². The first-order valence-corrected chi connectivity index (χ1v) is 7.51. The first-order chi connectivity index (χ1) is 9.74. The van der Waals surface area contributed by atoms with Gasteiger partial charge in [-0.3, -0.25) is 4.98 Å². The SMILES string of the molecule is O=S(O)Cc1ccc(-c2cncc3ccccc23)cc1. The predicted molar refractivity (Wildman–Crippen MR) is 81.7 cm³/mol. The normalized spacial score (nSPS) is 12.4. The van der Waals surface area contributed by atoms with Gasteiger partial charge in [0.05, 0.1) is 5.75 Å². The Bertz CT molecular complexity index is 764. The van der Waals surface area contributed by atoms with Gasteiger partial charge in [-0.1, -0.05) is 48.5 Å². The summed E-state index contributed by atoms with van der Waals surface area (Å²) in [5.74, 6) is 0.161. The van der Waals surface area contributed by atoms with Crippen LogP contribution in [-0.4, -0.2) is 13.7 Å². The number of pyridine rings is 1. The minimum Gasteiger partial charge on any atom is -0.306 e. The van der Waals surface area contributed by atoms with Gasteiger partial charge >= 0.3 is 0 Å². The second kappa shape index (κ2) is 5.53. The van der Waals surface area contributed by atoms with E-state index < -0.39 is 11.1 Å². The maximum absolute atomic E-state index is 10.8. The molecule has 4 heteroatoms. The summed E-state index contributed by atoms with van der Waals surface area (Å²) in [6.07, 6.45) is 3.70. The number of benzene rings is 2. The first-order valence-electron chi connectivity index (χ1n) is 6.23. The largest absolute Gasteiger partial charge is 0.306 e. The summed E-state index contributed by atoms with van der Waals surface area (Å²) in [6.45, 7) is 0. The van der Waals surface area contributed by atoms with E-state index in [4.69, 9.17) is 4.55 Å². The Morgan fingerprint density at radius 3 is 2.50 bits per heavy atom. The molecule has 1 aromatic heterocycles. The fraction of sp³-hybridized carbons (Fsp3) is 0.0625. The van der Waals surface area contributed by atoms with Crippen LogP contribution in [0.1, 0.15) is 5.56 Å². The Balaban J connectivity index is 2.05. The van der Waals surface area contributed by atoms with E-state index >= 15 is 0 Å². The summed E-state index contributed by atoms with van der Waals surface area (Å²) in [6, 6.07) is 15.8. The van der Waals surface area contributed by atoms with Crippen molar-refractivity contribution in [1.29, 1.82) is 0 Å². The third-order valence-corrected chi connectivity index (χ3v) is 3.80. The summed E-state index contributed by atoms with van der Waals surface area (Å²) < 4.78 is 19.7. The first kappa shape index (κ1) is 13.0. The van der Waals surface area contributed by atoms with Crippen molar-refractivity contribution in [3.63, 3.8) is 0 Å². The molecule has 0 spiro atoms. The van der Waals surface area contributed by atoms with Gasteiger partial charge in [-0.2, -0.15) is 0 Å². The molecule has 0 aliphatic heterocycles. The number of hydrogen-bond acceptors (Lipinski definition) is 2. The van der Waals surface area contributed by atoms with E-state index in [0.29, 0.717) is 0 Å². The van der Waals surface area contributed by atoms with Crippen LogP contribution >= 0.6 is 0 Å². The molecule has 0 fully saturated rings. The molecule has 3 rings (SSSR count). The average Bonchev–Trinajstić information content (AvgIpc) is 2.47. The monoisotopic (exact) mass is 283 g/mol. The number of rotatable bonds is 3. The van der Waals surface area contributed by atoms with Crippen molar-refractivity contribution in [3.05, 3.63) is 66.5 Å². The molecule has 0 amide bonds. The maximum Gasteiger partial charge on any atom is 0.157 e. The molecule has 1 heterocycles. The zero-order valence-electron chi connectivity index (χ0n) is 10.7. The van der Waals surface area contributed by atoms with Gasteiger partial charge in [-0.15, -0.1) is 0 Å². The molecule has 3 aromatic rings. The van der Waals surface area contributed by atoms with E-state index in [0.717, 1.165) is 27.5 Å². The Kier molecular flexibility index (Phi) is 3.58. The smallest absolute Gasteiger partial charge is 0.157 e. The molecular weight excluding hydrogens is 270 g/mol. The summed E-state index contributed by atoms with van der Waals surface area (Å²) in [4.78, 5) is 4.27. The molecule has 1 unspecified atom stereocenters. The third-order valence-electron chi connectivity index (χ3n) is 3.22. The summed E-state index contributed by atoms with van der Waals surface area (Å²) in [5, 5.41) is 2.26. The molecule has 0 aliphatic carbocycles. The molecule has 20 heavy (non-hydrogen) atoms. The van der Waals surface area contributed by atoms with Crippen LogP contribution in [0.5, 0.6) is 0 Å². The highest BCUT2D eigenvalue weighted by molar-refractivity contribution is 7.78. The number of fused-ring (bicyclic) bond motifs is 1. The molecule has 1 N–H and O–H groups in total. The van der Waals surface area contributed by atoms with Crippen LogP contribution in [0.4, 0.5) is 0 Å². The van der Waals surface area contributed by atoms with Crippen molar-refractivity contribution >= 4 is 21.9 Å². The molecule has 3 nitrogen and oxygen atoms in total. The minimum absolute atomic E-state index is 0.161. The fourth-order valence-electron chi connectivity index (χ4n) is 2.27. The van der Waals surface area contributed by atoms with Crippen molar-refractivity contribution in [2.45, 2.75) is 5.75 Å². The lowest BCUT2D eigenvalue weighted by molar-refractivity contribution is 0.563. The lowest BCUT2D eigenvalue weighted by atomic mass is 10.0. The highest BCUT2D eigenvalue weighted by Crippen LogP contribution is 2.27. The van der Waals surface area contributed by atoms with Gasteiger partial charge in [0.15, 0.2) is 11.1 Å². The van der Waals surface area contributed by atoms with Gasteiger partial charge in [-0.25, -0.2) is 4.21 Å². The van der Waals surface area contributed by atoms with Crippen LogP contribution in [0.15, 0.2) is 60.9 Å². The van der Waals surface area contributed by atoms with Crippen LogP contribution in [0.3, 0.4) is 0 Å². The molecule has 1 atom stereocenters. The Labute approximate surface area is 119 Å². The maximum atomic E-state index is 10.8. The summed E-state index contributed by atoms with van der Waals surface area (Å²) in [7, 11) is 0. The number of hydrogen-bond donors (Lipinski definition) is 1. The van der Waals surface area contributed by atoms with Gasteiger partial charge in [-0.05, 0) is 16.5 Å². The van der Waals surface area contributed by atoms with E-state index in [1.807, 2.05) is 54.9 Å². The van der Waals surface area contributed by atoms with Crippen molar-refractivity contribution in [2.75, 3.05) is 0 Å². The zero-order chi connectivity index (χ0) is 13.9. The predicted octanol–water partition coefficient (Wildman–Crippen LogP) is 3.62. The van der Waals surface area contributed by atoms with Crippen molar-refractivity contribution < 1.29 is 8.76 Å². The van der Waals surface area contributed by atoms with Crippen molar-refractivity contribution in [3.8, 4) is 11.1 Å². The highest BCUT2D eigenvalue weighted by atomic mass is 32.2. The van der Waals surface area contributed by atoms with Gasteiger partial charge in [0.2, 0.25) is 0 Å². The highest BCUT2D eigenvalue weighted by Gasteiger charge is 2.04. The van der Waals surface area contributed by atoms with Gasteiger partial charge in [0.25, 0.3) is 0 Å². The van der Waals surface area contributed by atoms with E-state index in [-0.39, 0.29) is 5.75 Å². The third kappa shape index (κ3) is 2.61. The molecular formula is C16H13NO2S. The Morgan fingerprint density at radius 2 is 1.75 bits per heavy atom. The number of nitrogens with zero attached hydrogens (tertiary/aromatic N) is 1. The Morgan fingerprint density at radius 1 is 1.00 bits per heavy atom. The summed E-state index contributed by atoms with van der Waals surface area (Å²) in [5.41, 5.74) is 2.98. The quantitative estimate of drug-likeness (QED) is 0.747. The molecule has 100 valence electrons. The molecule has 0 radical (unpaired) electrons. The van der Waals surface area contributed by atoms with Gasteiger partial charge in [0.1, 0.15) is 0 Å². The second-order valence-corrected chi connectivity index (χ2v) is 5.50. The van der Waals surface area contributed by atoms with Crippen LogP contribution < -0.4 is 0 Å². The van der Waals surface area contributed by atoms with Crippen LogP contribution in [0.2, 0.25) is 0 Å². The Hall–Kier alpha value is -2.04. The van der Waals surface area contributed by atoms with Crippen molar-refractivity contribution in [1.82, 2.24) is 4.98 Å². The molecule has 0 aliphatic rings. The topological polar surface area (TPSA) is 50.2 Å². The number of aromatic nitrogens is 1.